The van der Waals surface area contributed by atoms with E-state index < -0.39 is 11.7 Å². The van der Waals surface area contributed by atoms with Gasteiger partial charge < -0.3 is 4.57 Å². The molecule has 0 saturated heterocycles. The molecular weight excluding hydrogens is 291 g/mol. The number of nitrogens with zero attached hydrogens (tertiary/aromatic N) is 3. The molecule has 0 spiro atoms. The van der Waals surface area contributed by atoms with Gasteiger partial charge in [-0.25, -0.2) is 9.97 Å². The molecule has 0 aliphatic rings. The van der Waals surface area contributed by atoms with Crippen LogP contribution in [0.15, 0.2) is 42.6 Å². The molecule has 0 aliphatic carbocycles. The molecule has 3 rings (SSSR count). The third-order valence-electron chi connectivity index (χ3n) is 3.52. The summed E-state index contributed by atoms with van der Waals surface area (Å²) in [6, 6.07) is 8.90. The molecule has 0 radical (unpaired) electrons. The van der Waals surface area contributed by atoms with Crippen molar-refractivity contribution in [2.45, 2.75) is 26.1 Å². The Morgan fingerprint density at radius 2 is 1.82 bits per heavy atom. The highest BCUT2D eigenvalue weighted by atomic mass is 19.4. The van der Waals surface area contributed by atoms with Crippen molar-refractivity contribution in [3.63, 3.8) is 0 Å². The average molecular weight is 305 g/mol. The van der Waals surface area contributed by atoms with Crippen LogP contribution >= 0.6 is 0 Å². The number of fused-ring (bicyclic) bond motifs is 1. The first-order valence-electron chi connectivity index (χ1n) is 6.95. The number of alkyl halides is 3. The average Bonchev–Trinajstić information content (AvgIpc) is 2.85. The molecule has 2 heterocycles. The van der Waals surface area contributed by atoms with Crippen LogP contribution in [-0.2, 0) is 19.1 Å². The van der Waals surface area contributed by atoms with E-state index in [0.29, 0.717) is 6.54 Å². The van der Waals surface area contributed by atoms with Gasteiger partial charge in [0.2, 0.25) is 0 Å². The molecule has 1 aromatic carbocycles. The van der Waals surface area contributed by atoms with Gasteiger partial charge in [-0.05, 0) is 29.8 Å². The molecule has 0 atom stereocenters. The van der Waals surface area contributed by atoms with Gasteiger partial charge in [0.05, 0.1) is 12.1 Å². The second kappa shape index (κ2) is 5.44. The Morgan fingerprint density at radius 1 is 1.09 bits per heavy atom. The maximum Gasteiger partial charge on any atom is 0.416 e. The van der Waals surface area contributed by atoms with E-state index in [9.17, 15) is 13.2 Å². The van der Waals surface area contributed by atoms with E-state index in [-0.39, 0.29) is 0 Å². The summed E-state index contributed by atoms with van der Waals surface area (Å²) in [6.07, 6.45) is -1.89. The first kappa shape index (κ1) is 14.6. The fourth-order valence-corrected chi connectivity index (χ4v) is 2.42. The Hall–Kier alpha value is -2.37. The zero-order valence-corrected chi connectivity index (χ0v) is 11.9. The number of halogens is 3. The first-order valence-corrected chi connectivity index (χ1v) is 6.95. The van der Waals surface area contributed by atoms with Crippen LogP contribution < -0.4 is 0 Å². The van der Waals surface area contributed by atoms with Crippen molar-refractivity contribution in [1.82, 2.24) is 14.5 Å². The number of aryl methyl sites for hydroxylation is 1. The molecule has 3 aromatic rings. The summed E-state index contributed by atoms with van der Waals surface area (Å²) in [5, 5.41) is 0. The van der Waals surface area contributed by atoms with Crippen molar-refractivity contribution in [3.05, 3.63) is 59.5 Å². The molecule has 114 valence electrons. The maximum absolute atomic E-state index is 12.6. The summed E-state index contributed by atoms with van der Waals surface area (Å²) in [4.78, 5) is 8.83. The Balaban J connectivity index is 1.96. The van der Waals surface area contributed by atoms with E-state index >= 15 is 0 Å². The smallest absolute Gasteiger partial charge is 0.308 e. The van der Waals surface area contributed by atoms with E-state index in [1.165, 1.54) is 12.1 Å². The van der Waals surface area contributed by atoms with Gasteiger partial charge >= 0.3 is 6.18 Å². The Kier molecular flexibility index (Phi) is 3.60. The van der Waals surface area contributed by atoms with E-state index in [1.54, 1.807) is 6.20 Å². The van der Waals surface area contributed by atoms with E-state index in [4.69, 9.17) is 0 Å². The predicted octanol–water partition coefficient (Wildman–Crippen LogP) is 4.06. The lowest BCUT2D eigenvalue weighted by Crippen LogP contribution is -2.07. The minimum absolute atomic E-state index is 0.453. The van der Waals surface area contributed by atoms with Crippen LogP contribution in [0.2, 0.25) is 0 Å². The summed E-state index contributed by atoms with van der Waals surface area (Å²) in [6.45, 7) is 2.44. The summed E-state index contributed by atoms with van der Waals surface area (Å²) in [7, 11) is 0. The summed E-state index contributed by atoms with van der Waals surface area (Å²) in [5.74, 6) is 0.869. The number of aromatic nitrogens is 3. The lowest BCUT2D eigenvalue weighted by atomic mass is 10.1. The minimum Gasteiger partial charge on any atom is -0.308 e. The monoisotopic (exact) mass is 305 g/mol. The number of pyridine rings is 1. The van der Waals surface area contributed by atoms with Gasteiger partial charge in [-0.15, -0.1) is 0 Å². The second-order valence-electron chi connectivity index (χ2n) is 5.01. The number of hydrogen-bond donors (Lipinski definition) is 0. The van der Waals surface area contributed by atoms with Crippen LogP contribution in [0.3, 0.4) is 0 Å². The van der Waals surface area contributed by atoms with Crippen LogP contribution in [0.1, 0.15) is 23.9 Å². The molecule has 2 aromatic heterocycles. The van der Waals surface area contributed by atoms with Gasteiger partial charge in [0.1, 0.15) is 11.3 Å². The third-order valence-corrected chi connectivity index (χ3v) is 3.52. The first-order chi connectivity index (χ1) is 10.5. The standard InChI is InChI=1S/C16H14F3N3/c1-2-14-21-13-4-3-9-20-15(13)22(14)10-11-5-7-12(8-6-11)16(17,18)19/h3-9H,2,10H2,1H3. The highest BCUT2D eigenvalue weighted by molar-refractivity contribution is 5.71. The van der Waals surface area contributed by atoms with Crippen molar-refractivity contribution in [3.8, 4) is 0 Å². The maximum atomic E-state index is 12.6. The van der Waals surface area contributed by atoms with Crippen LogP contribution in [0.5, 0.6) is 0 Å². The zero-order chi connectivity index (χ0) is 15.7. The van der Waals surface area contributed by atoms with Crippen LogP contribution in [0.4, 0.5) is 13.2 Å². The van der Waals surface area contributed by atoms with E-state index in [1.807, 2.05) is 23.6 Å². The minimum atomic E-state index is -4.31. The molecule has 0 unspecified atom stereocenters. The number of imidazole rings is 1. The lowest BCUT2D eigenvalue weighted by Gasteiger charge is -2.10. The molecule has 0 saturated carbocycles. The van der Waals surface area contributed by atoms with Gasteiger partial charge in [0.25, 0.3) is 0 Å². The lowest BCUT2D eigenvalue weighted by molar-refractivity contribution is -0.137. The van der Waals surface area contributed by atoms with E-state index in [2.05, 4.69) is 9.97 Å². The van der Waals surface area contributed by atoms with E-state index in [0.717, 1.165) is 41.1 Å². The highest BCUT2D eigenvalue weighted by Crippen LogP contribution is 2.29. The van der Waals surface area contributed by atoms with Crippen molar-refractivity contribution >= 4 is 11.2 Å². The summed E-state index contributed by atoms with van der Waals surface area (Å²) in [5.41, 5.74) is 1.69. The van der Waals surface area contributed by atoms with Crippen LogP contribution in [0.25, 0.3) is 11.2 Å². The molecule has 3 nitrogen and oxygen atoms in total. The zero-order valence-electron chi connectivity index (χ0n) is 11.9. The van der Waals surface area contributed by atoms with Crippen molar-refractivity contribution < 1.29 is 13.2 Å². The fraction of sp³-hybridized carbons (Fsp3) is 0.250. The molecule has 0 amide bonds. The van der Waals surface area contributed by atoms with Gasteiger partial charge in [-0.2, -0.15) is 13.2 Å². The Labute approximate surface area is 125 Å². The topological polar surface area (TPSA) is 30.7 Å². The largest absolute Gasteiger partial charge is 0.416 e. The molecule has 6 heteroatoms. The third kappa shape index (κ3) is 2.68. The number of hydrogen-bond acceptors (Lipinski definition) is 2. The molecule has 22 heavy (non-hydrogen) atoms. The summed E-state index contributed by atoms with van der Waals surface area (Å²) >= 11 is 0. The number of benzene rings is 1. The molecule has 0 N–H and O–H groups in total. The van der Waals surface area contributed by atoms with Crippen LogP contribution in [-0.4, -0.2) is 14.5 Å². The van der Waals surface area contributed by atoms with Crippen molar-refractivity contribution in [1.29, 1.82) is 0 Å². The second-order valence-corrected chi connectivity index (χ2v) is 5.01. The fourth-order valence-electron chi connectivity index (χ4n) is 2.42. The summed E-state index contributed by atoms with van der Waals surface area (Å²) < 4.78 is 39.7. The van der Waals surface area contributed by atoms with Gasteiger partial charge in [0.15, 0.2) is 5.65 Å². The molecule has 0 fully saturated rings. The van der Waals surface area contributed by atoms with Gasteiger partial charge in [-0.1, -0.05) is 19.1 Å². The van der Waals surface area contributed by atoms with Gasteiger partial charge in [-0.3, -0.25) is 0 Å². The Bertz CT molecular complexity index is 788. The molecule has 0 bridgehead atoms. The number of rotatable bonds is 3. The molecule has 0 aliphatic heterocycles. The SMILES string of the molecule is CCc1nc2cccnc2n1Cc1ccc(C(F)(F)F)cc1. The van der Waals surface area contributed by atoms with Crippen molar-refractivity contribution in [2.75, 3.05) is 0 Å². The predicted molar refractivity (Wildman–Crippen MR) is 77.5 cm³/mol. The highest BCUT2D eigenvalue weighted by Gasteiger charge is 2.29. The quantitative estimate of drug-likeness (QED) is 0.730. The molecular formula is C16H14F3N3. The normalized spacial score (nSPS) is 12.0. The Morgan fingerprint density at radius 3 is 2.45 bits per heavy atom. The van der Waals surface area contributed by atoms with Gasteiger partial charge in [0, 0.05) is 12.6 Å². The van der Waals surface area contributed by atoms with Crippen LogP contribution in [0, 0.1) is 0 Å². The van der Waals surface area contributed by atoms with Crippen molar-refractivity contribution in [2.24, 2.45) is 0 Å².